The minimum absolute atomic E-state index is 0.00437. The van der Waals surface area contributed by atoms with E-state index >= 15 is 0 Å². The van der Waals surface area contributed by atoms with E-state index in [1.54, 1.807) is 0 Å². The number of rotatable bonds is 3. The number of sulfonamides is 1. The number of halogens is 7. The molecule has 0 saturated heterocycles. The molecule has 1 aliphatic heterocycles. The quantitative estimate of drug-likeness (QED) is 0.292. The van der Waals surface area contributed by atoms with Crippen LogP contribution in [-0.4, -0.2) is 49.5 Å². The molecule has 0 unspecified atom stereocenters. The largest absolute Gasteiger partial charge is 0.430 e. The van der Waals surface area contributed by atoms with E-state index in [2.05, 4.69) is 31.4 Å². The number of hydrogen-bond donors (Lipinski definition) is 3. The van der Waals surface area contributed by atoms with Crippen molar-refractivity contribution in [3.63, 3.8) is 0 Å². The third-order valence-electron chi connectivity index (χ3n) is 6.37. The Hall–Kier alpha value is -3.79. The molecular formula is C30H35F7N2O5S. The second-order valence-corrected chi connectivity index (χ2v) is 11.4. The minimum Gasteiger partial charge on any atom is -0.393 e. The summed E-state index contributed by atoms with van der Waals surface area (Å²) < 4.78 is 118. The van der Waals surface area contributed by atoms with Crippen LogP contribution in [0, 0.1) is 31.5 Å². The van der Waals surface area contributed by atoms with Gasteiger partial charge in [0.1, 0.15) is 5.82 Å². The summed E-state index contributed by atoms with van der Waals surface area (Å²) in [5.41, 5.74) is -2.30. The molecule has 1 heterocycles. The summed E-state index contributed by atoms with van der Waals surface area (Å²) in [6, 6.07) is 5.54. The van der Waals surface area contributed by atoms with Crippen LogP contribution < -0.4 is 10.0 Å². The Labute approximate surface area is 258 Å². The fraction of sp³-hybridized carbons (Fsp3) is 0.433. The predicted octanol–water partition coefficient (Wildman–Crippen LogP) is 5.58. The van der Waals surface area contributed by atoms with Gasteiger partial charge < -0.3 is 15.9 Å². The van der Waals surface area contributed by atoms with Crippen LogP contribution in [0.4, 0.5) is 36.4 Å². The molecule has 1 aliphatic carbocycles. The summed E-state index contributed by atoms with van der Waals surface area (Å²) >= 11 is 0. The standard InChI is InChI=1S/C18H14F7NO3S.C6H12O.C2H5NO.2C2H2/c19-13-4-6-14(7-5-13)30(28,29)26-9-1-2-11-10-12(3-8-15(11)26)16(27,17(20,21)22)18(23,24)25;7-6-4-2-1-3-5-6;1-2(3)4;2*1-2/h3-8,10,27H,1-2,9H2;6-7H,1-5H2;1H3,(H2,3,4);2*1-2H. The number of benzene rings is 2. The summed E-state index contributed by atoms with van der Waals surface area (Å²) in [5.74, 6) is -1.02. The number of terminal acetylenes is 2. The highest BCUT2D eigenvalue weighted by Gasteiger charge is 2.71. The van der Waals surface area contributed by atoms with Gasteiger partial charge in [0.2, 0.25) is 5.91 Å². The van der Waals surface area contributed by atoms with Crippen molar-refractivity contribution < 1.29 is 54.2 Å². The molecule has 4 N–H and O–H groups in total. The second-order valence-electron chi connectivity index (χ2n) is 9.59. The molecule has 2 aliphatic rings. The zero-order valence-corrected chi connectivity index (χ0v) is 25.1. The number of amides is 1. The van der Waals surface area contributed by atoms with Crippen molar-refractivity contribution in [1.29, 1.82) is 0 Å². The molecule has 15 heteroatoms. The number of anilines is 1. The van der Waals surface area contributed by atoms with Crippen molar-refractivity contribution in [3.05, 3.63) is 59.4 Å². The van der Waals surface area contributed by atoms with Gasteiger partial charge in [0, 0.05) is 19.0 Å². The average Bonchev–Trinajstić information content (AvgIpc) is 2.97. The maximum absolute atomic E-state index is 13.1. The first-order chi connectivity index (χ1) is 20.8. The van der Waals surface area contributed by atoms with E-state index in [1.807, 2.05) is 0 Å². The van der Waals surface area contributed by atoms with E-state index in [4.69, 9.17) is 5.11 Å². The molecule has 7 nitrogen and oxygen atoms in total. The van der Waals surface area contributed by atoms with Gasteiger partial charge in [0.15, 0.2) is 0 Å². The molecule has 0 aromatic heterocycles. The van der Waals surface area contributed by atoms with Crippen LogP contribution in [0.15, 0.2) is 47.4 Å². The van der Waals surface area contributed by atoms with Crippen molar-refractivity contribution in [1.82, 2.24) is 0 Å². The first-order valence-electron chi connectivity index (χ1n) is 13.2. The highest BCUT2D eigenvalue weighted by atomic mass is 32.2. The van der Waals surface area contributed by atoms with Gasteiger partial charge in [0.05, 0.1) is 16.7 Å². The van der Waals surface area contributed by atoms with E-state index in [-0.39, 0.29) is 47.5 Å². The highest BCUT2D eigenvalue weighted by Crippen LogP contribution is 2.51. The van der Waals surface area contributed by atoms with Crippen LogP contribution in [0.2, 0.25) is 0 Å². The highest BCUT2D eigenvalue weighted by molar-refractivity contribution is 7.92. The number of nitrogens with two attached hydrogens (primary N) is 1. The Morgan fingerprint density at radius 2 is 1.36 bits per heavy atom. The zero-order valence-electron chi connectivity index (χ0n) is 24.3. The van der Waals surface area contributed by atoms with Crippen LogP contribution in [-0.2, 0) is 26.8 Å². The van der Waals surface area contributed by atoms with E-state index in [0.29, 0.717) is 12.1 Å². The summed E-state index contributed by atoms with van der Waals surface area (Å²) in [5, 5.41) is 18.5. The number of nitrogens with zero attached hydrogens (tertiary/aromatic N) is 1. The zero-order chi connectivity index (χ0) is 35.2. The van der Waals surface area contributed by atoms with Gasteiger partial charge in [-0.25, -0.2) is 12.8 Å². The lowest BCUT2D eigenvalue weighted by Crippen LogP contribution is -2.54. The molecule has 45 heavy (non-hydrogen) atoms. The van der Waals surface area contributed by atoms with Crippen molar-refractivity contribution in [3.8, 4) is 25.7 Å². The van der Waals surface area contributed by atoms with Gasteiger partial charge in [-0.2, -0.15) is 26.3 Å². The number of primary amides is 1. The SMILES string of the molecule is C#C.C#C.CC(N)=O.O=S(=O)(c1ccc(F)cc1)N1CCCc2cc(C(O)(C(F)(F)F)C(F)(F)F)ccc21.OC1CCCCC1. The molecule has 1 amide bonds. The van der Waals surface area contributed by atoms with Gasteiger partial charge >= 0.3 is 12.4 Å². The summed E-state index contributed by atoms with van der Waals surface area (Å²) in [4.78, 5) is 8.93. The van der Waals surface area contributed by atoms with Gasteiger partial charge in [-0.05, 0) is 61.6 Å². The summed E-state index contributed by atoms with van der Waals surface area (Å²) in [7, 11) is -4.24. The molecule has 2 aromatic carbocycles. The van der Waals surface area contributed by atoms with E-state index in [9.17, 15) is 49.1 Å². The number of hydrogen-bond acceptors (Lipinski definition) is 5. The Morgan fingerprint density at radius 1 is 0.889 bits per heavy atom. The first kappa shape index (κ1) is 41.2. The van der Waals surface area contributed by atoms with Crippen molar-refractivity contribution in [2.75, 3.05) is 10.8 Å². The van der Waals surface area contributed by atoms with E-state index < -0.39 is 39.4 Å². The number of aliphatic hydroxyl groups excluding tert-OH is 1. The molecule has 1 fully saturated rings. The number of aryl methyl sites for hydroxylation is 1. The van der Waals surface area contributed by atoms with Crippen LogP contribution >= 0.6 is 0 Å². The Balaban J connectivity index is 0.00000107. The molecule has 0 atom stereocenters. The molecule has 0 radical (unpaired) electrons. The molecule has 0 bridgehead atoms. The molecule has 4 rings (SSSR count). The fourth-order valence-corrected chi connectivity index (χ4v) is 5.88. The lowest BCUT2D eigenvalue weighted by atomic mass is 9.89. The smallest absolute Gasteiger partial charge is 0.393 e. The first-order valence-corrected chi connectivity index (χ1v) is 14.6. The lowest BCUT2D eigenvalue weighted by molar-refractivity contribution is -0.376. The fourth-order valence-electron chi connectivity index (χ4n) is 4.34. The van der Waals surface area contributed by atoms with Crippen molar-refractivity contribution in [2.45, 2.75) is 80.8 Å². The molecule has 0 spiro atoms. The second kappa shape index (κ2) is 17.6. The molecule has 1 saturated carbocycles. The van der Waals surface area contributed by atoms with Gasteiger partial charge in [0.25, 0.3) is 15.6 Å². The third-order valence-corrected chi connectivity index (χ3v) is 8.20. The van der Waals surface area contributed by atoms with Gasteiger partial charge in [-0.15, -0.1) is 25.7 Å². The Kier molecular flexibility index (Phi) is 16.1. The normalized spacial score (nSPS) is 15.1. The van der Waals surface area contributed by atoms with Crippen LogP contribution in [0.1, 0.15) is 56.6 Å². The average molecular weight is 669 g/mol. The Bertz CT molecular complexity index is 1340. The summed E-state index contributed by atoms with van der Waals surface area (Å²) in [6.45, 7) is 1.23. The van der Waals surface area contributed by atoms with E-state index in [1.165, 1.54) is 26.2 Å². The topological polar surface area (TPSA) is 121 Å². The number of aliphatic hydroxyl groups is 2. The van der Waals surface area contributed by atoms with Crippen LogP contribution in [0.5, 0.6) is 0 Å². The monoisotopic (exact) mass is 668 g/mol. The van der Waals surface area contributed by atoms with Gasteiger partial charge in [-0.3, -0.25) is 9.10 Å². The maximum atomic E-state index is 13.1. The van der Waals surface area contributed by atoms with Crippen LogP contribution in [0.3, 0.4) is 0 Å². The molecule has 2 aromatic rings. The number of alkyl halides is 6. The number of carbonyl (C=O) groups excluding carboxylic acids is 1. The number of fused-ring (bicyclic) bond motifs is 1. The van der Waals surface area contributed by atoms with E-state index in [0.717, 1.165) is 47.5 Å². The number of carbonyl (C=O) groups is 1. The molecule has 250 valence electrons. The Morgan fingerprint density at radius 3 is 1.76 bits per heavy atom. The summed E-state index contributed by atoms with van der Waals surface area (Å²) in [6.07, 6.45) is 9.95. The third kappa shape index (κ3) is 11.0. The maximum Gasteiger partial charge on any atom is 0.430 e. The van der Waals surface area contributed by atoms with Crippen molar-refractivity contribution >= 4 is 21.6 Å². The van der Waals surface area contributed by atoms with Gasteiger partial charge in [-0.1, -0.05) is 31.4 Å². The van der Waals surface area contributed by atoms with Crippen molar-refractivity contribution in [2.24, 2.45) is 5.73 Å². The minimum atomic E-state index is -6.05. The predicted molar refractivity (Wildman–Crippen MR) is 155 cm³/mol. The van der Waals surface area contributed by atoms with Crippen LogP contribution in [0.25, 0.3) is 0 Å². The molecular weight excluding hydrogens is 633 g/mol. The lowest BCUT2D eigenvalue weighted by Gasteiger charge is -2.35.